The van der Waals surface area contributed by atoms with Crippen LogP contribution in [0.15, 0.2) is 55.0 Å². The number of benzene rings is 2. The maximum Gasteiger partial charge on any atom is 0.0966 e. The number of rotatable bonds is 3. The van der Waals surface area contributed by atoms with Gasteiger partial charge in [0, 0.05) is 48.4 Å². The molecule has 0 unspecified atom stereocenters. The Morgan fingerprint density at radius 1 is 1.04 bits per heavy atom. The first kappa shape index (κ1) is 16.3. The van der Waals surface area contributed by atoms with Gasteiger partial charge in [-0.1, -0.05) is 12.1 Å². The molecule has 0 saturated carbocycles. The van der Waals surface area contributed by atoms with Crippen molar-refractivity contribution in [2.75, 3.05) is 18.4 Å². The van der Waals surface area contributed by atoms with Gasteiger partial charge in [-0.25, -0.2) is 0 Å². The molecule has 3 heterocycles. The van der Waals surface area contributed by atoms with Gasteiger partial charge in [0.05, 0.1) is 11.0 Å². The van der Waals surface area contributed by atoms with E-state index in [0.29, 0.717) is 6.04 Å². The van der Waals surface area contributed by atoms with E-state index in [-0.39, 0.29) is 0 Å². The zero-order valence-corrected chi connectivity index (χ0v) is 15.4. The van der Waals surface area contributed by atoms with Crippen molar-refractivity contribution in [3.05, 3.63) is 55.0 Å². The first-order valence-corrected chi connectivity index (χ1v) is 9.55. The number of nitrogens with zero attached hydrogens (tertiary/aromatic N) is 3. The Kier molecular flexibility index (Phi) is 4.02. The van der Waals surface area contributed by atoms with Crippen LogP contribution in [0.3, 0.4) is 0 Å². The van der Waals surface area contributed by atoms with E-state index < -0.39 is 0 Å². The quantitative estimate of drug-likeness (QED) is 0.583. The molecular weight excluding hydrogens is 334 g/mol. The van der Waals surface area contributed by atoms with E-state index in [0.717, 1.165) is 48.2 Å². The van der Waals surface area contributed by atoms with Crippen LogP contribution in [0.25, 0.3) is 33.1 Å². The second-order valence-electron chi connectivity index (χ2n) is 7.32. The van der Waals surface area contributed by atoms with Crippen molar-refractivity contribution in [2.45, 2.75) is 18.9 Å². The van der Waals surface area contributed by atoms with Gasteiger partial charge in [-0.3, -0.25) is 9.97 Å². The van der Waals surface area contributed by atoms with E-state index in [2.05, 4.69) is 74.8 Å². The molecule has 0 bridgehead atoms. The van der Waals surface area contributed by atoms with Crippen molar-refractivity contribution in [3.63, 3.8) is 0 Å². The molecule has 1 aliphatic rings. The van der Waals surface area contributed by atoms with E-state index >= 15 is 0 Å². The summed E-state index contributed by atoms with van der Waals surface area (Å²) in [6, 6.07) is 13.6. The lowest BCUT2D eigenvalue weighted by Crippen LogP contribution is -2.35. The third kappa shape index (κ3) is 3.04. The first-order valence-electron chi connectivity index (χ1n) is 9.55. The van der Waals surface area contributed by atoms with Crippen molar-refractivity contribution in [1.29, 1.82) is 0 Å². The Hall–Kier alpha value is -2.92. The highest BCUT2D eigenvalue weighted by Crippen LogP contribution is 2.32. The zero-order chi connectivity index (χ0) is 18.2. The summed E-state index contributed by atoms with van der Waals surface area (Å²) in [5, 5.41) is 8.39. The number of aromatic nitrogens is 3. The number of nitrogens with one attached hydrogen (secondary N) is 2. The summed E-state index contributed by atoms with van der Waals surface area (Å²) in [4.78, 5) is 9.20. The molecule has 0 atom stereocenters. The van der Waals surface area contributed by atoms with Crippen molar-refractivity contribution in [3.8, 4) is 11.1 Å². The molecular formula is C22H23N5. The minimum atomic E-state index is 0.503. The van der Waals surface area contributed by atoms with Crippen LogP contribution in [0, 0.1) is 0 Å². The third-order valence-corrected chi connectivity index (χ3v) is 5.48. The van der Waals surface area contributed by atoms with Crippen LogP contribution in [0.1, 0.15) is 12.8 Å². The SMILES string of the molecule is Cn1ccc2ccc(-c3cc(NC4CCNCC4)cc4nccnc34)cc21. The minimum absolute atomic E-state index is 0.503. The molecule has 136 valence electrons. The van der Waals surface area contributed by atoms with Crippen LogP contribution in [-0.4, -0.2) is 33.7 Å². The van der Waals surface area contributed by atoms with Crippen LogP contribution >= 0.6 is 0 Å². The van der Waals surface area contributed by atoms with Gasteiger partial charge in [0.1, 0.15) is 0 Å². The Morgan fingerprint density at radius 3 is 2.78 bits per heavy atom. The fourth-order valence-electron chi connectivity index (χ4n) is 4.01. The highest BCUT2D eigenvalue weighted by atomic mass is 15.0. The van der Waals surface area contributed by atoms with Crippen LogP contribution in [-0.2, 0) is 7.05 Å². The first-order chi connectivity index (χ1) is 13.3. The van der Waals surface area contributed by atoms with Crippen LogP contribution in [0.4, 0.5) is 5.69 Å². The minimum Gasteiger partial charge on any atom is -0.382 e. The molecule has 0 amide bonds. The molecule has 27 heavy (non-hydrogen) atoms. The Labute approximate surface area is 158 Å². The molecule has 2 N–H and O–H groups in total. The fraction of sp³-hybridized carbons (Fsp3) is 0.273. The maximum atomic E-state index is 4.63. The Bertz CT molecular complexity index is 1110. The lowest BCUT2D eigenvalue weighted by atomic mass is 10.0. The third-order valence-electron chi connectivity index (χ3n) is 5.48. The second-order valence-corrected chi connectivity index (χ2v) is 7.32. The Balaban J connectivity index is 1.63. The zero-order valence-electron chi connectivity index (χ0n) is 15.4. The molecule has 0 aliphatic carbocycles. The smallest absolute Gasteiger partial charge is 0.0966 e. The van der Waals surface area contributed by atoms with Crippen molar-refractivity contribution >= 4 is 27.6 Å². The number of fused-ring (bicyclic) bond motifs is 2. The summed E-state index contributed by atoms with van der Waals surface area (Å²) >= 11 is 0. The predicted molar refractivity (Wildman–Crippen MR) is 111 cm³/mol. The molecule has 2 aromatic carbocycles. The van der Waals surface area contributed by atoms with Gasteiger partial charge < -0.3 is 15.2 Å². The van der Waals surface area contributed by atoms with Crippen molar-refractivity contribution in [2.24, 2.45) is 7.05 Å². The van der Waals surface area contributed by atoms with E-state index in [1.54, 1.807) is 12.4 Å². The average molecular weight is 357 g/mol. The molecule has 1 fully saturated rings. The summed E-state index contributed by atoms with van der Waals surface area (Å²) in [5.74, 6) is 0. The van der Waals surface area contributed by atoms with Crippen molar-refractivity contribution < 1.29 is 0 Å². The summed E-state index contributed by atoms with van der Waals surface area (Å²) in [7, 11) is 2.08. The molecule has 2 aromatic heterocycles. The number of hydrogen-bond acceptors (Lipinski definition) is 4. The monoisotopic (exact) mass is 357 g/mol. The lowest BCUT2D eigenvalue weighted by Gasteiger charge is -2.25. The highest BCUT2D eigenvalue weighted by Gasteiger charge is 2.15. The number of aryl methyl sites for hydroxylation is 1. The van der Waals surface area contributed by atoms with Gasteiger partial charge in [-0.15, -0.1) is 0 Å². The predicted octanol–water partition coefficient (Wildman–Crippen LogP) is 3.95. The standard InChI is InChI=1S/C22H23N5/c1-27-11-6-15-2-3-16(12-21(15)27)19-13-18(26-17-4-7-23-8-5-17)14-20-22(19)25-10-9-24-20/h2-3,6,9-14,17,23,26H,4-5,7-8H2,1H3. The lowest BCUT2D eigenvalue weighted by molar-refractivity contribution is 0.479. The number of hydrogen-bond donors (Lipinski definition) is 2. The number of piperidine rings is 1. The van der Waals surface area contributed by atoms with Gasteiger partial charge in [0.25, 0.3) is 0 Å². The summed E-state index contributed by atoms with van der Waals surface area (Å²) < 4.78 is 2.16. The topological polar surface area (TPSA) is 54.8 Å². The van der Waals surface area contributed by atoms with E-state index in [1.165, 1.54) is 16.5 Å². The molecule has 5 rings (SSSR count). The highest BCUT2D eigenvalue weighted by molar-refractivity contribution is 5.97. The van der Waals surface area contributed by atoms with Gasteiger partial charge in [0.15, 0.2) is 0 Å². The maximum absolute atomic E-state index is 4.63. The fourth-order valence-corrected chi connectivity index (χ4v) is 4.01. The number of anilines is 1. The molecule has 1 saturated heterocycles. The summed E-state index contributed by atoms with van der Waals surface area (Å²) in [6.45, 7) is 2.14. The summed E-state index contributed by atoms with van der Waals surface area (Å²) in [5.41, 5.74) is 6.52. The van der Waals surface area contributed by atoms with E-state index in [9.17, 15) is 0 Å². The molecule has 0 spiro atoms. The molecule has 1 aliphatic heterocycles. The largest absolute Gasteiger partial charge is 0.382 e. The van der Waals surface area contributed by atoms with Crippen LogP contribution in [0.5, 0.6) is 0 Å². The average Bonchev–Trinajstić information content (AvgIpc) is 3.08. The van der Waals surface area contributed by atoms with Gasteiger partial charge in [-0.2, -0.15) is 0 Å². The second kappa shape index (κ2) is 6.67. The van der Waals surface area contributed by atoms with Gasteiger partial charge in [-0.05, 0) is 61.1 Å². The van der Waals surface area contributed by atoms with Crippen molar-refractivity contribution in [1.82, 2.24) is 19.9 Å². The molecule has 0 radical (unpaired) electrons. The van der Waals surface area contributed by atoms with Gasteiger partial charge >= 0.3 is 0 Å². The normalized spacial score (nSPS) is 15.4. The molecule has 5 heteroatoms. The Morgan fingerprint density at radius 2 is 1.89 bits per heavy atom. The van der Waals surface area contributed by atoms with E-state index in [4.69, 9.17) is 0 Å². The van der Waals surface area contributed by atoms with Crippen LogP contribution in [0.2, 0.25) is 0 Å². The van der Waals surface area contributed by atoms with Gasteiger partial charge in [0.2, 0.25) is 0 Å². The summed E-state index contributed by atoms with van der Waals surface area (Å²) in [6.07, 6.45) is 7.92. The molecule has 4 aromatic rings. The van der Waals surface area contributed by atoms with Crippen LogP contribution < -0.4 is 10.6 Å². The van der Waals surface area contributed by atoms with E-state index in [1.807, 2.05) is 0 Å². The molecule has 5 nitrogen and oxygen atoms in total.